The normalized spacial score (nSPS) is 18.4. The summed E-state index contributed by atoms with van der Waals surface area (Å²) in [6.07, 6.45) is -0.162. The minimum atomic E-state index is -1.16. The van der Waals surface area contributed by atoms with E-state index in [0.29, 0.717) is 16.1 Å². The number of amides is 4. The predicted octanol–water partition coefficient (Wildman–Crippen LogP) is 2.68. The Kier molecular flexibility index (Phi) is 8.60. The molecule has 39 heavy (non-hydrogen) atoms. The van der Waals surface area contributed by atoms with Crippen LogP contribution in [0.5, 0.6) is 0 Å². The van der Waals surface area contributed by atoms with Gasteiger partial charge in [0.15, 0.2) is 5.78 Å². The lowest BCUT2D eigenvalue weighted by molar-refractivity contribution is -0.137. The number of carbonyl (C=O) groups excluding carboxylic acids is 5. The zero-order valence-electron chi connectivity index (χ0n) is 21.7. The summed E-state index contributed by atoms with van der Waals surface area (Å²) in [7, 11) is 0. The third kappa shape index (κ3) is 6.26. The number of rotatable bonds is 10. The summed E-state index contributed by atoms with van der Waals surface area (Å²) < 4.78 is 3.95. The Morgan fingerprint density at radius 2 is 1.59 bits per heavy atom. The molecule has 2 heterocycles. The Balaban J connectivity index is 1.52. The fraction of sp³-hybridized carbons (Fsp3) is 0.321. The maximum Gasteiger partial charge on any atom is 0.265 e. The molecule has 1 fully saturated rings. The number of nitrogens with zero attached hydrogens (tertiary/aromatic N) is 2. The van der Waals surface area contributed by atoms with Crippen LogP contribution in [0.25, 0.3) is 11.3 Å². The van der Waals surface area contributed by atoms with E-state index in [0.717, 1.165) is 17.1 Å². The van der Waals surface area contributed by atoms with Crippen molar-refractivity contribution in [3.63, 3.8) is 0 Å². The van der Waals surface area contributed by atoms with Crippen molar-refractivity contribution in [1.29, 1.82) is 0 Å². The molecule has 10 nitrogen and oxygen atoms in total. The molecule has 4 amide bonds. The minimum Gasteiger partial charge on any atom is -0.346 e. The first kappa shape index (κ1) is 27.8. The molecule has 0 radical (unpaired) electrons. The van der Waals surface area contributed by atoms with E-state index in [1.807, 2.05) is 36.4 Å². The Hall–Kier alpha value is -4.25. The van der Waals surface area contributed by atoms with Gasteiger partial charge in [-0.3, -0.25) is 29.3 Å². The number of hydrogen-bond donors (Lipinski definition) is 3. The van der Waals surface area contributed by atoms with Gasteiger partial charge in [-0.05, 0) is 23.0 Å². The van der Waals surface area contributed by atoms with Crippen LogP contribution in [0.4, 0.5) is 0 Å². The first-order valence-electron chi connectivity index (χ1n) is 12.6. The number of hydrogen-bond acceptors (Lipinski definition) is 8. The summed E-state index contributed by atoms with van der Waals surface area (Å²) >= 11 is 0.958. The lowest BCUT2D eigenvalue weighted by Crippen LogP contribution is -2.49. The molecule has 1 aromatic heterocycles. The Labute approximate surface area is 229 Å². The second-order valence-electron chi connectivity index (χ2n) is 9.77. The molecular formula is C28H29N5O5S. The number of imide groups is 1. The third-order valence-corrected chi connectivity index (χ3v) is 7.40. The van der Waals surface area contributed by atoms with Crippen molar-refractivity contribution < 1.29 is 24.0 Å². The van der Waals surface area contributed by atoms with Crippen molar-refractivity contribution >= 4 is 40.9 Å². The highest BCUT2D eigenvalue weighted by atomic mass is 32.1. The van der Waals surface area contributed by atoms with E-state index in [1.54, 1.807) is 38.1 Å². The molecule has 4 rings (SSSR count). The third-order valence-electron chi connectivity index (χ3n) is 6.68. The number of benzene rings is 2. The second kappa shape index (κ2) is 12.1. The van der Waals surface area contributed by atoms with Gasteiger partial charge in [0.05, 0.1) is 24.4 Å². The standard InChI is InChI=1S/C28H29N5O5S/c1-15(2)22(24(35)21-16(3)26(36)31-27(21)37)30-20(34)14-19(17-10-6-4-7-11-17)29-28(38)25-23(32-33-39-25)18-12-8-5-9-13-18/h4-13,15-16,19,21-22H,14H2,1-3H3,(H,29,38)(H,30,34)(H,31,36,37)/t16-,19-,21+,22-/m0/s1. The lowest BCUT2D eigenvalue weighted by atomic mass is 9.85. The Morgan fingerprint density at radius 3 is 2.18 bits per heavy atom. The molecule has 0 unspecified atom stereocenters. The largest absolute Gasteiger partial charge is 0.346 e. The van der Waals surface area contributed by atoms with Gasteiger partial charge in [-0.15, -0.1) is 5.10 Å². The van der Waals surface area contributed by atoms with Crippen molar-refractivity contribution in [2.24, 2.45) is 17.8 Å². The number of Topliss-reactive ketones (excluding diaryl/α,β-unsaturated/α-hetero) is 1. The van der Waals surface area contributed by atoms with E-state index < -0.39 is 53.3 Å². The molecule has 0 spiro atoms. The summed E-state index contributed by atoms with van der Waals surface area (Å²) in [5, 5.41) is 12.0. The zero-order valence-corrected chi connectivity index (χ0v) is 22.5. The molecule has 202 valence electrons. The molecular weight excluding hydrogens is 518 g/mol. The summed E-state index contributed by atoms with van der Waals surface area (Å²) in [6, 6.07) is 16.5. The van der Waals surface area contributed by atoms with Gasteiger partial charge in [-0.2, -0.15) is 0 Å². The highest BCUT2D eigenvalue weighted by Gasteiger charge is 2.46. The van der Waals surface area contributed by atoms with Crippen LogP contribution < -0.4 is 16.0 Å². The number of nitrogens with one attached hydrogen (secondary N) is 3. The maximum absolute atomic E-state index is 13.3. The average Bonchev–Trinajstić information content (AvgIpc) is 3.51. The topological polar surface area (TPSA) is 147 Å². The molecule has 4 atom stereocenters. The van der Waals surface area contributed by atoms with Crippen molar-refractivity contribution in [1.82, 2.24) is 25.5 Å². The molecule has 3 N–H and O–H groups in total. The van der Waals surface area contributed by atoms with Crippen LogP contribution in [-0.2, 0) is 19.2 Å². The number of carbonyl (C=O) groups is 5. The van der Waals surface area contributed by atoms with Gasteiger partial charge >= 0.3 is 0 Å². The number of ketones is 1. The van der Waals surface area contributed by atoms with E-state index in [2.05, 4.69) is 25.5 Å². The summed E-state index contributed by atoms with van der Waals surface area (Å²) in [5.74, 6) is -4.91. The zero-order chi connectivity index (χ0) is 28.1. The van der Waals surface area contributed by atoms with Crippen LogP contribution in [0.1, 0.15) is 48.5 Å². The van der Waals surface area contributed by atoms with Gasteiger partial charge in [0.2, 0.25) is 17.7 Å². The highest BCUT2D eigenvalue weighted by Crippen LogP contribution is 2.26. The highest BCUT2D eigenvalue weighted by molar-refractivity contribution is 7.08. The maximum atomic E-state index is 13.3. The van der Waals surface area contributed by atoms with E-state index in [-0.39, 0.29) is 12.3 Å². The van der Waals surface area contributed by atoms with Gasteiger partial charge in [-0.25, -0.2) is 0 Å². The van der Waals surface area contributed by atoms with E-state index in [9.17, 15) is 24.0 Å². The first-order valence-corrected chi connectivity index (χ1v) is 13.4. The summed E-state index contributed by atoms with van der Waals surface area (Å²) in [6.45, 7) is 5.02. The predicted molar refractivity (Wildman–Crippen MR) is 144 cm³/mol. The van der Waals surface area contributed by atoms with Crippen molar-refractivity contribution in [3.05, 3.63) is 71.1 Å². The van der Waals surface area contributed by atoms with Gasteiger partial charge in [-0.1, -0.05) is 85.9 Å². The summed E-state index contributed by atoms with van der Waals surface area (Å²) in [5.41, 5.74) is 1.88. The Bertz CT molecular complexity index is 1380. The fourth-order valence-corrected chi connectivity index (χ4v) is 5.12. The minimum absolute atomic E-state index is 0.162. The van der Waals surface area contributed by atoms with Crippen LogP contribution in [0.2, 0.25) is 0 Å². The number of aromatic nitrogens is 2. The molecule has 1 saturated heterocycles. The molecule has 0 saturated carbocycles. The van der Waals surface area contributed by atoms with Crippen molar-refractivity contribution in [3.8, 4) is 11.3 Å². The molecule has 1 aliphatic rings. The first-order chi connectivity index (χ1) is 18.7. The molecule has 11 heteroatoms. The SMILES string of the molecule is CC(C)[C@H](NC(=O)C[C@H](NC(=O)c1snnc1-c1ccccc1)c1ccccc1)C(=O)[C@@H]1C(=O)NC(=O)[C@H]1C. The monoisotopic (exact) mass is 547 g/mol. The van der Waals surface area contributed by atoms with Crippen LogP contribution >= 0.6 is 11.5 Å². The molecule has 0 aliphatic carbocycles. The van der Waals surface area contributed by atoms with Crippen LogP contribution in [0.3, 0.4) is 0 Å². The molecule has 0 bridgehead atoms. The van der Waals surface area contributed by atoms with Gasteiger partial charge in [0.25, 0.3) is 5.91 Å². The average molecular weight is 548 g/mol. The van der Waals surface area contributed by atoms with Crippen molar-refractivity contribution in [2.45, 2.75) is 39.3 Å². The Morgan fingerprint density at radius 1 is 0.949 bits per heavy atom. The summed E-state index contributed by atoms with van der Waals surface area (Å²) in [4.78, 5) is 64.3. The van der Waals surface area contributed by atoms with Crippen LogP contribution in [0, 0.1) is 17.8 Å². The molecule has 1 aliphatic heterocycles. The van der Waals surface area contributed by atoms with Gasteiger partial charge in [0, 0.05) is 5.56 Å². The van der Waals surface area contributed by atoms with E-state index in [1.165, 1.54) is 6.92 Å². The van der Waals surface area contributed by atoms with Crippen LogP contribution in [-0.4, -0.2) is 45.0 Å². The molecule has 2 aromatic carbocycles. The van der Waals surface area contributed by atoms with E-state index >= 15 is 0 Å². The molecule has 3 aromatic rings. The second-order valence-corrected chi connectivity index (χ2v) is 10.5. The smallest absolute Gasteiger partial charge is 0.265 e. The van der Waals surface area contributed by atoms with Crippen molar-refractivity contribution in [2.75, 3.05) is 0 Å². The van der Waals surface area contributed by atoms with E-state index in [4.69, 9.17) is 0 Å². The lowest BCUT2D eigenvalue weighted by Gasteiger charge is -2.26. The fourth-order valence-electron chi connectivity index (χ4n) is 4.53. The van der Waals surface area contributed by atoms with Gasteiger partial charge < -0.3 is 10.6 Å². The quantitative estimate of drug-likeness (QED) is 0.261. The van der Waals surface area contributed by atoms with Gasteiger partial charge in [0.1, 0.15) is 16.5 Å². The van der Waals surface area contributed by atoms with Crippen LogP contribution in [0.15, 0.2) is 60.7 Å².